The fourth-order valence-corrected chi connectivity index (χ4v) is 4.42. The Hall–Kier alpha value is -3.44. The molecule has 11 heteroatoms. The lowest BCUT2D eigenvalue weighted by Crippen LogP contribution is -2.49. The lowest BCUT2D eigenvalue weighted by atomic mass is 10.2. The van der Waals surface area contributed by atoms with Gasteiger partial charge in [-0.3, -0.25) is 14.5 Å². The summed E-state index contributed by atoms with van der Waals surface area (Å²) in [6.45, 7) is 0.140. The number of piperazine rings is 1. The summed E-state index contributed by atoms with van der Waals surface area (Å²) in [5.41, 5.74) is 1.19. The number of benzene rings is 2. The summed E-state index contributed by atoms with van der Waals surface area (Å²) in [5.74, 6) is -0.868. The molecule has 1 heterocycles. The van der Waals surface area contributed by atoms with Crippen molar-refractivity contribution < 1.29 is 27.5 Å². The van der Waals surface area contributed by atoms with Crippen molar-refractivity contribution in [1.29, 1.82) is 0 Å². The molecule has 1 fully saturated rings. The molecule has 0 bridgehead atoms. The van der Waals surface area contributed by atoms with E-state index in [1.54, 1.807) is 31.3 Å². The maximum Gasteiger partial charge on any atom is 0.413 e. The quantitative estimate of drug-likeness (QED) is 0.712. The first-order chi connectivity index (χ1) is 14.7. The van der Waals surface area contributed by atoms with E-state index >= 15 is 0 Å². The van der Waals surface area contributed by atoms with E-state index in [2.05, 4.69) is 15.4 Å². The number of carbonyl (C=O) groups excluding carboxylic acids is 3. The normalized spacial score (nSPS) is 14.5. The van der Waals surface area contributed by atoms with Crippen molar-refractivity contribution in [3.05, 3.63) is 54.1 Å². The summed E-state index contributed by atoms with van der Waals surface area (Å²) in [6.07, 6.45) is -0.527. The zero-order chi connectivity index (χ0) is 22.6. The Morgan fingerprint density at radius 3 is 2.52 bits per heavy atom. The van der Waals surface area contributed by atoms with Crippen LogP contribution in [0.2, 0.25) is 0 Å². The maximum atomic E-state index is 12.8. The Kier molecular flexibility index (Phi) is 6.56. The maximum absolute atomic E-state index is 12.8. The summed E-state index contributed by atoms with van der Waals surface area (Å²) in [5, 5.41) is 5.26. The minimum absolute atomic E-state index is 0.0649. The van der Waals surface area contributed by atoms with Crippen molar-refractivity contribution in [1.82, 2.24) is 9.62 Å². The molecule has 0 saturated carbocycles. The van der Waals surface area contributed by atoms with Crippen LogP contribution in [-0.2, 0) is 19.6 Å². The number of methoxy groups -OCH3 is 1. The molecule has 1 saturated heterocycles. The van der Waals surface area contributed by atoms with Crippen LogP contribution in [0.4, 0.5) is 16.2 Å². The van der Waals surface area contributed by atoms with Crippen molar-refractivity contribution in [3.8, 4) is 0 Å². The lowest BCUT2D eigenvalue weighted by Gasteiger charge is -2.26. The van der Waals surface area contributed by atoms with Gasteiger partial charge in [0, 0.05) is 37.1 Å². The second-order valence-electron chi connectivity index (χ2n) is 6.75. The van der Waals surface area contributed by atoms with Crippen molar-refractivity contribution in [2.45, 2.75) is 4.90 Å². The molecule has 1 aliphatic rings. The van der Waals surface area contributed by atoms with Crippen LogP contribution in [0.15, 0.2) is 53.4 Å². The molecule has 3 amide bonds. The SMILES string of the molecule is COC(=O)N(C)c1ccc(NC(=O)c2cccc(S(=O)(=O)N3CCNC(=O)C3)c2)cc1. The number of nitrogens with one attached hydrogen (secondary N) is 2. The highest BCUT2D eigenvalue weighted by Gasteiger charge is 2.29. The molecule has 0 aliphatic carbocycles. The third-order valence-corrected chi connectivity index (χ3v) is 6.54. The van der Waals surface area contributed by atoms with Crippen LogP contribution >= 0.6 is 0 Å². The minimum atomic E-state index is -3.91. The van der Waals surface area contributed by atoms with Gasteiger partial charge in [0.15, 0.2) is 0 Å². The highest BCUT2D eigenvalue weighted by Crippen LogP contribution is 2.20. The molecule has 3 rings (SSSR count). The van der Waals surface area contributed by atoms with Gasteiger partial charge >= 0.3 is 6.09 Å². The number of hydrogen-bond donors (Lipinski definition) is 2. The number of hydrogen-bond acceptors (Lipinski definition) is 6. The number of ether oxygens (including phenoxy) is 1. The number of sulfonamides is 1. The summed E-state index contributed by atoms with van der Waals surface area (Å²) in [6, 6.07) is 12.1. The zero-order valence-corrected chi connectivity index (χ0v) is 17.8. The predicted octanol–water partition coefficient (Wildman–Crippen LogP) is 1.26. The van der Waals surface area contributed by atoms with E-state index in [0.29, 0.717) is 11.4 Å². The number of nitrogens with zero attached hydrogens (tertiary/aromatic N) is 2. The third-order valence-electron chi connectivity index (χ3n) is 4.70. The van der Waals surface area contributed by atoms with Crippen LogP contribution in [0, 0.1) is 0 Å². The van der Waals surface area contributed by atoms with Gasteiger partial charge in [-0.2, -0.15) is 4.31 Å². The Balaban J connectivity index is 1.74. The lowest BCUT2D eigenvalue weighted by molar-refractivity contribution is -0.122. The monoisotopic (exact) mass is 446 g/mol. The Morgan fingerprint density at radius 2 is 1.87 bits per heavy atom. The molecule has 2 aromatic rings. The Morgan fingerprint density at radius 1 is 1.16 bits per heavy atom. The molecule has 0 radical (unpaired) electrons. The number of rotatable bonds is 5. The standard InChI is InChI=1S/C20H22N4O6S/c1-23(20(27)30-2)16-8-6-15(7-9-16)22-19(26)14-4-3-5-17(12-14)31(28,29)24-11-10-21-18(25)13-24/h3-9,12H,10-11,13H2,1-2H3,(H,21,25)(H,22,26). The van der Waals surface area contributed by atoms with E-state index in [1.807, 2.05) is 0 Å². The molecule has 0 spiro atoms. The predicted molar refractivity (Wildman–Crippen MR) is 113 cm³/mol. The molecule has 0 aromatic heterocycles. The van der Waals surface area contributed by atoms with Gasteiger partial charge in [-0.1, -0.05) is 6.07 Å². The summed E-state index contributed by atoms with van der Waals surface area (Å²) < 4.78 is 31.4. The van der Waals surface area contributed by atoms with Gasteiger partial charge in [0.05, 0.1) is 18.6 Å². The first-order valence-corrected chi connectivity index (χ1v) is 10.8. The molecular weight excluding hydrogens is 424 g/mol. The van der Waals surface area contributed by atoms with Crippen molar-refractivity contribution in [3.63, 3.8) is 0 Å². The van der Waals surface area contributed by atoms with Gasteiger partial charge in [-0.25, -0.2) is 13.2 Å². The van der Waals surface area contributed by atoms with Gasteiger partial charge in [0.25, 0.3) is 5.91 Å². The Labute approximate surface area is 179 Å². The van der Waals surface area contributed by atoms with E-state index in [1.165, 1.54) is 36.3 Å². The first kappa shape index (κ1) is 22.2. The Bertz CT molecular complexity index is 1100. The molecular formula is C20H22N4O6S. The van der Waals surface area contributed by atoms with Gasteiger partial charge in [-0.15, -0.1) is 0 Å². The zero-order valence-electron chi connectivity index (χ0n) is 17.0. The average Bonchev–Trinajstić information content (AvgIpc) is 2.78. The van der Waals surface area contributed by atoms with Gasteiger partial charge in [0.2, 0.25) is 15.9 Å². The summed E-state index contributed by atoms with van der Waals surface area (Å²) in [7, 11) is -1.07. The van der Waals surface area contributed by atoms with Crippen LogP contribution in [0.3, 0.4) is 0 Å². The average molecular weight is 446 g/mol. The van der Waals surface area contributed by atoms with E-state index in [9.17, 15) is 22.8 Å². The highest BCUT2D eigenvalue weighted by atomic mass is 32.2. The highest BCUT2D eigenvalue weighted by molar-refractivity contribution is 7.89. The summed E-state index contributed by atoms with van der Waals surface area (Å²) in [4.78, 5) is 37.0. The second kappa shape index (κ2) is 9.14. The topological polar surface area (TPSA) is 125 Å². The minimum Gasteiger partial charge on any atom is -0.452 e. The third kappa shape index (κ3) is 5.01. The van der Waals surface area contributed by atoms with E-state index in [0.717, 1.165) is 4.31 Å². The molecule has 0 atom stereocenters. The van der Waals surface area contributed by atoms with E-state index < -0.39 is 22.0 Å². The largest absolute Gasteiger partial charge is 0.452 e. The van der Waals surface area contributed by atoms with Crippen LogP contribution in [-0.4, -0.2) is 64.4 Å². The number of carbonyl (C=O) groups is 3. The van der Waals surface area contributed by atoms with Gasteiger partial charge < -0.3 is 15.4 Å². The smallest absolute Gasteiger partial charge is 0.413 e. The van der Waals surface area contributed by atoms with Crippen LogP contribution < -0.4 is 15.5 Å². The number of anilines is 2. The first-order valence-electron chi connectivity index (χ1n) is 9.32. The number of amides is 3. The van der Waals surface area contributed by atoms with Crippen molar-refractivity contribution in [2.75, 3.05) is 44.0 Å². The molecule has 10 nitrogen and oxygen atoms in total. The van der Waals surface area contributed by atoms with Crippen molar-refractivity contribution in [2.24, 2.45) is 0 Å². The fraction of sp³-hybridized carbons (Fsp3) is 0.250. The van der Waals surface area contributed by atoms with Gasteiger partial charge in [-0.05, 0) is 42.5 Å². The second-order valence-corrected chi connectivity index (χ2v) is 8.68. The van der Waals surface area contributed by atoms with Crippen LogP contribution in [0.25, 0.3) is 0 Å². The molecule has 1 aliphatic heterocycles. The molecule has 31 heavy (non-hydrogen) atoms. The van der Waals surface area contributed by atoms with Crippen LogP contribution in [0.1, 0.15) is 10.4 Å². The molecule has 0 unspecified atom stereocenters. The van der Waals surface area contributed by atoms with Crippen LogP contribution in [0.5, 0.6) is 0 Å². The molecule has 2 N–H and O–H groups in total. The summed E-state index contributed by atoms with van der Waals surface area (Å²) >= 11 is 0. The molecule has 164 valence electrons. The van der Waals surface area contributed by atoms with Gasteiger partial charge in [0.1, 0.15) is 0 Å². The van der Waals surface area contributed by atoms with E-state index in [-0.39, 0.29) is 36.0 Å². The van der Waals surface area contributed by atoms with E-state index in [4.69, 9.17) is 0 Å². The molecule has 2 aromatic carbocycles. The fourth-order valence-electron chi connectivity index (χ4n) is 2.98. The van der Waals surface area contributed by atoms with Crippen molar-refractivity contribution >= 4 is 39.3 Å².